The molecular formula is C30H53IO2. The van der Waals surface area contributed by atoms with E-state index in [0.717, 1.165) is 37.6 Å². The van der Waals surface area contributed by atoms with Gasteiger partial charge in [-0.2, -0.15) is 0 Å². The van der Waals surface area contributed by atoms with Crippen molar-refractivity contribution >= 4 is 22.6 Å². The molecule has 0 bridgehead atoms. The highest BCUT2D eigenvalue weighted by Crippen LogP contribution is 2.29. The molecule has 0 radical (unpaired) electrons. The van der Waals surface area contributed by atoms with Crippen molar-refractivity contribution in [2.75, 3.05) is 13.2 Å². The van der Waals surface area contributed by atoms with Crippen LogP contribution in [-0.4, -0.2) is 13.2 Å². The van der Waals surface area contributed by atoms with Crippen LogP contribution in [0.2, 0.25) is 0 Å². The normalized spacial score (nSPS) is 11.1. The van der Waals surface area contributed by atoms with Gasteiger partial charge in [-0.15, -0.1) is 0 Å². The van der Waals surface area contributed by atoms with Gasteiger partial charge in [0, 0.05) is 3.57 Å². The van der Waals surface area contributed by atoms with Crippen molar-refractivity contribution in [1.29, 1.82) is 0 Å². The molecule has 0 N–H and O–H groups in total. The fraction of sp³-hybridized carbons (Fsp3) is 0.800. The van der Waals surface area contributed by atoms with E-state index in [1.807, 2.05) is 0 Å². The second kappa shape index (κ2) is 23.3. The highest BCUT2D eigenvalue weighted by molar-refractivity contribution is 14.1. The van der Waals surface area contributed by atoms with Gasteiger partial charge in [0.25, 0.3) is 0 Å². The molecule has 0 spiro atoms. The zero-order valence-corrected chi connectivity index (χ0v) is 24.1. The van der Waals surface area contributed by atoms with Gasteiger partial charge in [0.05, 0.1) is 13.2 Å². The Hall–Kier alpha value is -0.450. The summed E-state index contributed by atoms with van der Waals surface area (Å²) < 4.78 is 13.4. The summed E-state index contributed by atoms with van der Waals surface area (Å²) in [5, 5.41) is 0. The van der Waals surface area contributed by atoms with E-state index in [2.05, 4.69) is 54.6 Å². The molecule has 0 unspecified atom stereocenters. The minimum absolute atomic E-state index is 0.797. The molecule has 0 fully saturated rings. The van der Waals surface area contributed by atoms with Gasteiger partial charge < -0.3 is 9.47 Å². The van der Waals surface area contributed by atoms with Crippen molar-refractivity contribution in [2.24, 2.45) is 0 Å². The van der Waals surface area contributed by atoms with Gasteiger partial charge >= 0.3 is 0 Å². The smallest absolute Gasteiger partial charge is 0.162 e. The van der Waals surface area contributed by atoms with Gasteiger partial charge in [-0.25, -0.2) is 0 Å². The lowest BCUT2D eigenvalue weighted by atomic mass is 10.1. The van der Waals surface area contributed by atoms with E-state index in [0.29, 0.717) is 0 Å². The fourth-order valence-electron chi connectivity index (χ4n) is 4.26. The van der Waals surface area contributed by atoms with Crippen LogP contribution in [0.25, 0.3) is 0 Å². The lowest BCUT2D eigenvalue weighted by Crippen LogP contribution is -2.03. The van der Waals surface area contributed by atoms with Gasteiger partial charge in [-0.3, -0.25) is 0 Å². The minimum atomic E-state index is 0.797. The number of ether oxygens (including phenoxy) is 2. The second-order valence-electron chi connectivity index (χ2n) is 9.65. The fourth-order valence-corrected chi connectivity index (χ4v) is 4.72. The van der Waals surface area contributed by atoms with Crippen LogP contribution >= 0.6 is 22.6 Å². The van der Waals surface area contributed by atoms with Crippen molar-refractivity contribution < 1.29 is 9.47 Å². The van der Waals surface area contributed by atoms with E-state index in [4.69, 9.17) is 9.47 Å². The van der Waals surface area contributed by atoms with Crippen molar-refractivity contribution in [2.45, 2.75) is 142 Å². The molecule has 192 valence electrons. The van der Waals surface area contributed by atoms with Crippen LogP contribution in [-0.2, 0) is 0 Å². The topological polar surface area (TPSA) is 18.5 Å². The monoisotopic (exact) mass is 572 g/mol. The van der Waals surface area contributed by atoms with E-state index in [1.54, 1.807) is 0 Å². The average Bonchev–Trinajstić information content (AvgIpc) is 2.82. The number of halogens is 1. The number of rotatable bonds is 24. The van der Waals surface area contributed by atoms with E-state index in [-0.39, 0.29) is 0 Å². The maximum atomic E-state index is 6.11. The highest BCUT2D eigenvalue weighted by Gasteiger charge is 2.06. The molecule has 0 aromatic heterocycles. The molecule has 2 nitrogen and oxygen atoms in total. The van der Waals surface area contributed by atoms with Crippen LogP contribution in [0.1, 0.15) is 142 Å². The van der Waals surface area contributed by atoms with Crippen molar-refractivity contribution in [3.8, 4) is 11.5 Å². The van der Waals surface area contributed by atoms with Crippen molar-refractivity contribution in [3.63, 3.8) is 0 Å². The Balaban J connectivity index is 2.07. The number of benzene rings is 1. The summed E-state index contributed by atoms with van der Waals surface area (Å²) in [5.41, 5.74) is 0. The number of hydrogen-bond donors (Lipinski definition) is 0. The SMILES string of the molecule is CCCCCCCCCCCCOc1ccc(I)cc1OCCCCCCCCCCCC. The third-order valence-corrected chi connectivity index (χ3v) is 7.09. The summed E-state index contributed by atoms with van der Waals surface area (Å²) in [6.07, 6.45) is 27.1. The summed E-state index contributed by atoms with van der Waals surface area (Å²) in [7, 11) is 0. The Bertz CT molecular complexity index is 546. The molecule has 0 aliphatic heterocycles. The summed E-state index contributed by atoms with van der Waals surface area (Å²) in [5.74, 6) is 1.84. The molecule has 0 amide bonds. The van der Waals surface area contributed by atoms with E-state index in [1.165, 1.54) is 119 Å². The predicted octanol–water partition coefficient (Wildman–Crippen LogP) is 10.9. The summed E-state index contributed by atoms with van der Waals surface area (Å²) in [6.45, 7) is 6.16. The van der Waals surface area contributed by atoms with E-state index in [9.17, 15) is 0 Å². The molecule has 33 heavy (non-hydrogen) atoms. The third-order valence-electron chi connectivity index (χ3n) is 6.42. The van der Waals surface area contributed by atoms with Gasteiger partial charge in [-0.05, 0) is 53.6 Å². The quantitative estimate of drug-likeness (QED) is 0.0906. The molecule has 1 aromatic carbocycles. The van der Waals surface area contributed by atoms with Gasteiger partial charge in [-0.1, -0.05) is 129 Å². The molecule has 0 saturated heterocycles. The first-order chi connectivity index (χ1) is 16.3. The molecule has 3 heteroatoms. The molecule has 0 heterocycles. The summed E-state index contributed by atoms with van der Waals surface area (Å²) in [4.78, 5) is 0. The highest BCUT2D eigenvalue weighted by atomic mass is 127. The van der Waals surface area contributed by atoms with Crippen LogP contribution < -0.4 is 9.47 Å². The van der Waals surface area contributed by atoms with E-state index < -0.39 is 0 Å². The maximum absolute atomic E-state index is 6.11. The average molecular weight is 573 g/mol. The third kappa shape index (κ3) is 18.5. The van der Waals surface area contributed by atoms with Crippen molar-refractivity contribution in [1.82, 2.24) is 0 Å². The number of hydrogen-bond acceptors (Lipinski definition) is 2. The predicted molar refractivity (Wildman–Crippen MR) is 154 cm³/mol. The Morgan fingerprint density at radius 1 is 0.485 bits per heavy atom. The van der Waals surface area contributed by atoms with Gasteiger partial charge in [0.15, 0.2) is 11.5 Å². The molecule has 0 aliphatic carbocycles. The molecule has 0 atom stereocenters. The Labute approximate surface area is 220 Å². The zero-order valence-electron chi connectivity index (χ0n) is 22.0. The van der Waals surface area contributed by atoms with Crippen LogP contribution in [0.5, 0.6) is 11.5 Å². The molecule has 1 rings (SSSR count). The Morgan fingerprint density at radius 3 is 1.27 bits per heavy atom. The zero-order chi connectivity index (χ0) is 23.8. The van der Waals surface area contributed by atoms with Crippen LogP contribution in [0.4, 0.5) is 0 Å². The Morgan fingerprint density at radius 2 is 0.848 bits per heavy atom. The molecule has 0 saturated carbocycles. The first kappa shape index (κ1) is 30.6. The largest absolute Gasteiger partial charge is 0.490 e. The first-order valence-corrected chi connectivity index (χ1v) is 15.4. The first-order valence-electron chi connectivity index (χ1n) is 14.3. The summed E-state index contributed by atoms with van der Waals surface area (Å²) in [6, 6.07) is 6.30. The summed E-state index contributed by atoms with van der Waals surface area (Å²) >= 11 is 2.36. The second-order valence-corrected chi connectivity index (χ2v) is 10.9. The number of unbranched alkanes of at least 4 members (excludes halogenated alkanes) is 18. The maximum Gasteiger partial charge on any atom is 0.162 e. The molecular weight excluding hydrogens is 519 g/mol. The Kier molecular flexibility index (Phi) is 21.6. The van der Waals surface area contributed by atoms with Crippen LogP contribution in [0.3, 0.4) is 0 Å². The molecule has 1 aromatic rings. The minimum Gasteiger partial charge on any atom is -0.490 e. The van der Waals surface area contributed by atoms with Gasteiger partial charge in [0.2, 0.25) is 0 Å². The standard InChI is InChI=1S/C30H53IO2/c1-3-5-7-9-11-13-15-17-19-21-25-32-29-24-23-28(31)27-30(29)33-26-22-20-18-16-14-12-10-8-6-4-2/h23-24,27H,3-22,25-26H2,1-2H3. The lowest BCUT2D eigenvalue weighted by Gasteiger charge is -2.13. The lowest BCUT2D eigenvalue weighted by molar-refractivity contribution is 0.258. The van der Waals surface area contributed by atoms with Gasteiger partial charge in [0.1, 0.15) is 0 Å². The van der Waals surface area contributed by atoms with Crippen LogP contribution in [0.15, 0.2) is 18.2 Å². The van der Waals surface area contributed by atoms with Crippen molar-refractivity contribution in [3.05, 3.63) is 21.8 Å². The molecule has 0 aliphatic rings. The van der Waals surface area contributed by atoms with E-state index >= 15 is 0 Å². The van der Waals surface area contributed by atoms with Crippen LogP contribution in [0, 0.1) is 3.57 Å².